The summed E-state index contributed by atoms with van der Waals surface area (Å²) in [6.45, 7) is 4.48. The van der Waals surface area contributed by atoms with Crippen LogP contribution in [0.15, 0.2) is 6.07 Å². The fourth-order valence-corrected chi connectivity index (χ4v) is 4.45. The number of thiophene rings is 1. The van der Waals surface area contributed by atoms with Gasteiger partial charge in [-0.2, -0.15) is 0 Å². The molecule has 1 unspecified atom stereocenters. The van der Waals surface area contributed by atoms with E-state index in [0.717, 1.165) is 5.92 Å². The average Bonchev–Trinajstić information content (AvgIpc) is 2.57. The molecule has 0 saturated heterocycles. The summed E-state index contributed by atoms with van der Waals surface area (Å²) in [7, 11) is 2.12. The molecule has 1 aliphatic carbocycles. The van der Waals surface area contributed by atoms with Crippen molar-refractivity contribution in [2.24, 2.45) is 5.92 Å². The quantitative estimate of drug-likeness (QED) is 0.757. The van der Waals surface area contributed by atoms with Crippen molar-refractivity contribution in [2.75, 3.05) is 7.05 Å². The van der Waals surface area contributed by atoms with Crippen LogP contribution in [0.25, 0.3) is 0 Å². The second-order valence-corrected chi connectivity index (χ2v) is 7.13. The molecule has 1 N–H and O–H groups in total. The predicted molar refractivity (Wildman–Crippen MR) is 81.4 cm³/mol. The van der Waals surface area contributed by atoms with Gasteiger partial charge in [0.1, 0.15) is 0 Å². The fraction of sp³-hybridized carbons (Fsp3) is 0.750. The second-order valence-electron chi connectivity index (χ2n) is 5.84. The lowest BCUT2D eigenvalue weighted by atomic mass is 9.91. The summed E-state index contributed by atoms with van der Waals surface area (Å²) in [4.78, 5) is 3.02. The van der Waals surface area contributed by atoms with E-state index in [1.165, 1.54) is 55.4 Å². The smallest absolute Gasteiger partial charge is 0.0417 e. The Balaban J connectivity index is 2.02. The Labute approximate surface area is 116 Å². The SMILES string of the molecule is CNC(CC1CCCCCC1)c1sc(C)cc1C. The van der Waals surface area contributed by atoms with Gasteiger partial charge in [-0.25, -0.2) is 0 Å². The molecule has 0 spiro atoms. The molecule has 1 heterocycles. The molecule has 102 valence electrons. The van der Waals surface area contributed by atoms with Gasteiger partial charge in [0.15, 0.2) is 0 Å². The highest BCUT2D eigenvalue weighted by molar-refractivity contribution is 7.12. The summed E-state index contributed by atoms with van der Waals surface area (Å²) in [6.07, 6.45) is 10.0. The van der Waals surface area contributed by atoms with Crippen molar-refractivity contribution in [3.63, 3.8) is 0 Å². The van der Waals surface area contributed by atoms with Gasteiger partial charge in [-0.3, -0.25) is 0 Å². The first-order valence-corrected chi connectivity index (χ1v) is 8.26. The summed E-state index contributed by atoms with van der Waals surface area (Å²) >= 11 is 1.98. The number of aryl methyl sites for hydroxylation is 2. The molecule has 0 amide bonds. The van der Waals surface area contributed by atoms with Gasteiger partial charge in [0.05, 0.1) is 0 Å². The zero-order valence-electron chi connectivity index (χ0n) is 12.1. The molecule has 1 aromatic heterocycles. The molecule has 1 saturated carbocycles. The summed E-state index contributed by atoms with van der Waals surface area (Å²) in [5.41, 5.74) is 1.48. The summed E-state index contributed by atoms with van der Waals surface area (Å²) < 4.78 is 0. The van der Waals surface area contributed by atoms with Crippen LogP contribution < -0.4 is 5.32 Å². The van der Waals surface area contributed by atoms with E-state index in [1.807, 2.05) is 11.3 Å². The van der Waals surface area contributed by atoms with E-state index in [-0.39, 0.29) is 0 Å². The Morgan fingerprint density at radius 3 is 2.39 bits per heavy atom. The van der Waals surface area contributed by atoms with Crippen LogP contribution in [0.2, 0.25) is 0 Å². The van der Waals surface area contributed by atoms with Crippen molar-refractivity contribution in [3.05, 3.63) is 21.4 Å². The molecule has 0 bridgehead atoms. The van der Waals surface area contributed by atoms with Gasteiger partial charge in [0.25, 0.3) is 0 Å². The first-order valence-electron chi connectivity index (χ1n) is 7.45. The van der Waals surface area contributed by atoms with Crippen molar-refractivity contribution in [1.29, 1.82) is 0 Å². The number of rotatable bonds is 4. The second kappa shape index (κ2) is 6.72. The first-order chi connectivity index (χ1) is 8.70. The minimum atomic E-state index is 0.576. The highest BCUT2D eigenvalue weighted by Gasteiger charge is 2.20. The number of hydrogen-bond donors (Lipinski definition) is 1. The molecule has 1 fully saturated rings. The average molecular weight is 265 g/mol. The molecule has 18 heavy (non-hydrogen) atoms. The van der Waals surface area contributed by atoms with E-state index >= 15 is 0 Å². The maximum Gasteiger partial charge on any atom is 0.0417 e. The van der Waals surface area contributed by atoms with Gasteiger partial charge in [-0.1, -0.05) is 38.5 Å². The van der Waals surface area contributed by atoms with E-state index in [9.17, 15) is 0 Å². The fourth-order valence-electron chi connectivity index (χ4n) is 3.29. The van der Waals surface area contributed by atoms with Crippen LogP contribution >= 0.6 is 11.3 Å². The standard InChI is InChI=1S/C16H27NS/c1-12-10-13(2)18-16(12)15(17-3)11-14-8-6-4-5-7-9-14/h10,14-15,17H,4-9,11H2,1-3H3. The van der Waals surface area contributed by atoms with E-state index < -0.39 is 0 Å². The summed E-state index contributed by atoms with van der Waals surface area (Å²) in [5, 5.41) is 3.55. The third-order valence-electron chi connectivity index (χ3n) is 4.29. The van der Waals surface area contributed by atoms with E-state index in [0.29, 0.717) is 6.04 Å². The van der Waals surface area contributed by atoms with Crippen molar-refractivity contribution in [1.82, 2.24) is 5.32 Å². The lowest BCUT2D eigenvalue weighted by Gasteiger charge is -2.22. The van der Waals surface area contributed by atoms with Crippen LogP contribution in [0.3, 0.4) is 0 Å². The molecule has 1 aliphatic rings. The topological polar surface area (TPSA) is 12.0 Å². The molecular weight excluding hydrogens is 238 g/mol. The zero-order chi connectivity index (χ0) is 13.0. The molecule has 0 aliphatic heterocycles. The molecule has 2 rings (SSSR count). The van der Waals surface area contributed by atoms with Gasteiger partial charge in [-0.05, 0) is 44.9 Å². The third kappa shape index (κ3) is 3.58. The molecule has 0 radical (unpaired) electrons. The Hall–Kier alpha value is -0.340. The van der Waals surface area contributed by atoms with Crippen molar-refractivity contribution < 1.29 is 0 Å². The van der Waals surface area contributed by atoms with Crippen LogP contribution in [0, 0.1) is 19.8 Å². The Morgan fingerprint density at radius 2 is 1.89 bits per heavy atom. The first kappa shape index (κ1) is 14.1. The van der Waals surface area contributed by atoms with Gasteiger partial charge in [-0.15, -0.1) is 11.3 Å². The van der Waals surface area contributed by atoms with Gasteiger partial charge in [0, 0.05) is 15.8 Å². The Kier molecular flexibility index (Phi) is 5.25. The maximum atomic E-state index is 3.55. The maximum absolute atomic E-state index is 3.55. The van der Waals surface area contributed by atoms with Crippen molar-refractivity contribution >= 4 is 11.3 Å². The van der Waals surface area contributed by atoms with E-state index in [4.69, 9.17) is 0 Å². The van der Waals surface area contributed by atoms with Gasteiger partial charge >= 0.3 is 0 Å². The van der Waals surface area contributed by atoms with Crippen LogP contribution in [0.5, 0.6) is 0 Å². The third-order valence-corrected chi connectivity index (χ3v) is 5.55. The van der Waals surface area contributed by atoms with Crippen LogP contribution in [-0.4, -0.2) is 7.05 Å². The normalized spacial score (nSPS) is 19.7. The number of hydrogen-bond acceptors (Lipinski definition) is 2. The number of nitrogens with one attached hydrogen (secondary N) is 1. The Bertz CT molecular complexity index is 361. The van der Waals surface area contributed by atoms with Crippen molar-refractivity contribution in [2.45, 2.75) is 64.8 Å². The highest BCUT2D eigenvalue weighted by Crippen LogP contribution is 2.35. The van der Waals surface area contributed by atoms with Crippen LogP contribution in [0.4, 0.5) is 0 Å². The van der Waals surface area contributed by atoms with Gasteiger partial charge < -0.3 is 5.32 Å². The molecule has 1 nitrogen and oxygen atoms in total. The lowest BCUT2D eigenvalue weighted by Crippen LogP contribution is -2.19. The lowest BCUT2D eigenvalue weighted by molar-refractivity contribution is 0.370. The summed E-state index contributed by atoms with van der Waals surface area (Å²) in [6, 6.07) is 2.91. The minimum Gasteiger partial charge on any atom is -0.312 e. The largest absolute Gasteiger partial charge is 0.312 e. The summed E-state index contributed by atoms with van der Waals surface area (Å²) in [5.74, 6) is 0.937. The molecule has 0 aromatic carbocycles. The zero-order valence-corrected chi connectivity index (χ0v) is 12.9. The van der Waals surface area contributed by atoms with Gasteiger partial charge in [0.2, 0.25) is 0 Å². The molecular formula is C16H27NS. The van der Waals surface area contributed by atoms with Crippen LogP contribution in [-0.2, 0) is 0 Å². The monoisotopic (exact) mass is 265 g/mol. The molecule has 2 heteroatoms. The van der Waals surface area contributed by atoms with Crippen LogP contribution in [0.1, 0.15) is 66.3 Å². The molecule has 1 aromatic rings. The predicted octanol–water partition coefficient (Wildman–Crippen LogP) is 4.99. The van der Waals surface area contributed by atoms with E-state index in [2.05, 4.69) is 32.3 Å². The highest BCUT2D eigenvalue weighted by atomic mass is 32.1. The molecule has 1 atom stereocenters. The minimum absolute atomic E-state index is 0.576. The van der Waals surface area contributed by atoms with Crippen molar-refractivity contribution in [3.8, 4) is 0 Å². The van der Waals surface area contributed by atoms with E-state index in [1.54, 1.807) is 4.88 Å². The Morgan fingerprint density at radius 1 is 1.22 bits per heavy atom.